The van der Waals surface area contributed by atoms with Crippen molar-refractivity contribution in [3.63, 3.8) is 0 Å². The quantitative estimate of drug-likeness (QED) is 0.283. The molecule has 1 unspecified atom stereocenters. The highest BCUT2D eigenvalue weighted by atomic mass is 127. The van der Waals surface area contributed by atoms with E-state index >= 15 is 0 Å². The molecule has 1 N–H and O–H groups in total. The van der Waals surface area contributed by atoms with Gasteiger partial charge >= 0.3 is 0 Å². The van der Waals surface area contributed by atoms with Crippen molar-refractivity contribution < 1.29 is 17.5 Å². The number of hydrogen-bond acceptors (Lipinski definition) is 6. The van der Waals surface area contributed by atoms with E-state index in [1.54, 1.807) is 7.11 Å². The van der Waals surface area contributed by atoms with Crippen LogP contribution in [0.15, 0.2) is 39.5 Å². The molecule has 2 rings (SSSR count). The Morgan fingerprint density at radius 1 is 1.40 bits per heavy atom. The molecule has 1 heterocycles. The van der Waals surface area contributed by atoms with Crippen molar-refractivity contribution in [2.75, 3.05) is 33.0 Å². The molecule has 0 fully saturated rings. The Bertz CT molecular complexity index is 937. The summed E-state index contributed by atoms with van der Waals surface area (Å²) >= 11 is 1.53. The van der Waals surface area contributed by atoms with Crippen LogP contribution in [-0.4, -0.2) is 57.3 Å². The van der Waals surface area contributed by atoms with Crippen molar-refractivity contribution in [3.05, 3.63) is 46.2 Å². The number of rotatable bonds is 9. The molecule has 168 valence electrons. The highest BCUT2D eigenvalue weighted by molar-refractivity contribution is 14.0. The minimum absolute atomic E-state index is 0. The summed E-state index contributed by atoms with van der Waals surface area (Å²) < 4.78 is 43.9. The van der Waals surface area contributed by atoms with Crippen molar-refractivity contribution >= 4 is 51.1 Å². The molecule has 1 atom stereocenters. The number of thiazole rings is 1. The Labute approximate surface area is 198 Å². The average molecular weight is 570 g/mol. The highest BCUT2D eigenvalue weighted by Crippen LogP contribution is 2.21. The van der Waals surface area contributed by atoms with Gasteiger partial charge in [0.15, 0.2) is 15.8 Å². The van der Waals surface area contributed by atoms with E-state index in [1.807, 2.05) is 31.2 Å². The van der Waals surface area contributed by atoms with Gasteiger partial charge in [0.2, 0.25) is 0 Å². The SMILES string of the molecule is CCNC(=NCCS(=O)(=O)c1ccccc1F)N(C)Cc1csc(C(C)OC)n1.I. The number of halogens is 2. The Kier molecular flexibility index (Phi) is 11.2. The predicted octanol–water partition coefficient (Wildman–Crippen LogP) is 3.48. The number of sulfone groups is 1. The third-order valence-corrected chi connectivity index (χ3v) is 6.94. The molecule has 0 aliphatic carbocycles. The van der Waals surface area contributed by atoms with Crippen LogP contribution in [0, 0.1) is 5.82 Å². The molecule has 2 aromatic rings. The first-order chi connectivity index (χ1) is 13.8. The Morgan fingerprint density at radius 3 is 2.73 bits per heavy atom. The maximum atomic E-state index is 13.8. The summed E-state index contributed by atoms with van der Waals surface area (Å²) in [7, 11) is -0.253. The van der Waals surface area contributed by atoms with Crippen LogP contribution in [0.1, 0.15) is 30.7 Å². The first-order valence-corrected chi connectivity index (χ1v) is 11.8. The third kappa shape index (κ3) is 7.43. The van der Waals surface area contributed by atoms with Crippen molar-refractivity contribution in [2.45, 2.75) is 31.4 Å². The van der Waals surface area contributed by atoms with Crippen LogP contribution in [0.5, 0.6) is 0 Å². The number of ether oxygens (including phenoxy) is 1. The molecular weight excluding hydrogens is 542 g/mol. The molecule has 7 nitrogen and oxygen atoms in total. The number of guanidine groups is 1. The van der Waals surface area contributed by atoms with Crippen LogP contribution in [0.25, 0.3) is 0 Å². The minimum Gasteiger partial charge on any atom is -0.375 e. The Hall–Kier alpha value is -1.31. The zero-order chi connectivity index (χ0) is 21.4. The third-order valence-electron chi connectivity index (χ3n) is 4.16. The van der Waals surface area contributed by atoms with Gasteiger partial charge in [0.1, 0.15) is 21.8 Å². The monoisotopic (exact) mass is 570 g/mol. The fourth-order valence-corrected chi connectivity index (χ4v) is 4.59. The predicted molar refractivity (Wildman–Crippen MR) is 129 cm³/mol. The van der Waals surface area contributed by atoms with Crippen molar-refractivity contribution in [2.24, 2.45) is 4.99 Å². The number of nitrogens with zero attached hydrogens (tertiary/aromatic N) is 3. The molecule has 0 aliphatic heterocycles. The van der Waals surface area contributed by atoms with Gasteiger partial charge in [-0.3, -0.25) is 4.99 Å². The van der Waals surface area contributed by atoms with E-state index in [4.69, 9.17) is 4.74 Å². The van der Waals surface area contributed by atoms with Crippen LogP contribution in [0.4, 0.5) is 4.39 Å². The summed E-state index contributed by atoms with van der Waals surface area (Å²) in [5.41, 5.74) is 0.876. The van der Waals surface area contributed by atoms with Gasteiger partial charge in [-0.2, -0.15) is 0 Å². The standard InChI is InChI=1S/C19H27FN4O3S2.HI/c1-5-21-19(24(3)12-15-13-28-18(23-15)14(2)27-4)22-10-11-29(25,26)17-9-7-6-8-16(17)20;/h6-9,13-14H,5,10-12H2,1-4H3,(H,21,22);1H. The number of benzene rings is 1. The largest absolute Gasteiger partial charge is 0.375 e. The van der Waals surface area contributed by atoms with Crippen LogP contribution in [-0.2, 0) is 21.1 Å². The van der Waals surface area contributed by atoms with E-state index in [2.05, 4.69) is 15.3 Å². The molecule has 11 heteroatoms. The van der Waals surface area contributed by atoms with Crippen LogP contribution in [0.3, 0.4) is 0 Å². The Balaban J connectivity index is 0.00000450. The maximum absolute atomic E-state index is 13.8. The number of aromatic nitrogens is 1. The molecular formula is C19H28FIN4O3S2. The summed E-state index contributed by atoms with van der Waals surface area (Å²) in [6.07, 6.45) is -0.0652. The van der Waals surface area contributed by atoms with E-state index in [0.717, 1.165) is 16.8 Å². The number of methoxy groups -OCH3 is 1. The van der Waals surface area contributed by atoms with Crippen molar-refractivity contribution in [1.29, 1.82) is 0 Å². The molecule has 0 spiro atoms. The van der Waals surface area contributed by atoms with Gasteiger partial charge in [-0.15, -0.1) is 35.3 Å². The molecule has 30 heavy (non-hydrogen) atoms. The zero-order valence-corrected chi connectivity index (χ0v) is 21.4. The van der Waals surface area contributed by atoms with Gasteiger partial charge in [-0.05, 0) is 26.0 Å². The van der Waals surface area contributed by atoms with E-state index < -0.39 is 15.7 Å². The molecule has 0 amide bonds. The summed E-state index contributed by atoms with van der Waals surface area (Å²) in [5, 5.41) is 6.00. The molecule has 0 radical (unpaired) electrons. The van der Waals surface area contributed by atoms with E-state index in [1.165, 1.54) is 29.5 Å². The molecule has 0 saturated carbocycles. The summed E-state index contributed by atoms with van der Waals surface area (Å²) in [4.78, 5) is 10.5. The molecule has 0 aliphatic rings. The zero-order valence-electron chi connectivity index (χ0n) is 17.5. The van der Waals surface area contributed by atoms with Gasteiger partial charge in [-0.1, -0.05) is 12.1 Å². The average Bonchev–Trinajstić information content (AvgIpc) is 3.15. The normalized spacial score (nSPS) is 12.9. The molecule has 0 saturated heterocycles. The topological polar surface area (TPSA) is 83.9 Å². The maximum Gasteiger partial charge on any atom is 0.194 e. The van der Waals surface area contributed by atoms with E-state index in [0.29, 0.717) is 19.0 Å². The van der Waals surface area contributed by atoms with Gasteiger partial charge in [0.25, 0.3) is 0 Å². The van der Waals surface area contributed by atoms with Gasteiger partial charge in [0.05, 0.1) is 24.5 Å². The lowest BCUT2D eigenvalue weighted by Crippen LogP contribution is -2.38. The van der Waals surface area contributed by atoms with Gasteiger partial charge in [-0.25, -0.2) is 17.8 Å². The van der Waals surface area contributed by atoms with Gasteiger partial charge in [0, 0.05) is 26.1 Å². The fraction of sp³-hybridized carbons (Fsp3) is 0.474. The second-order valence-corrected chi connectivity index (χ2v) is 9.36. The number of nitrogens with one attached hydrogen (secondary N) is 1. The first kappa shape index (κ1) is 26.7. The summed E-state index contributed by atoms with van der Waals surface area (Å²) in [5.74, 6) is -0.459. The minimum atomic E-state index is -3.75. The lowest BCUT2D eigenvalue weighted by molar-refractivity contribution is 0.119. The lowest BCUT2D eigenvalue weighted by Gasteiger charge is -2.21. The Morgan fingerprint density at radius 2 is 2.10 bits per heavy atom. The number of aliphatic imine (C=N–C) groups is 1. The molecule has 0 bridgehead atoms. The second-order valence-electron chi connectivity index (χ2n) is 6.40. The van der Waals surface area contributed by atoms with E-state index in [9.17, 15) is 12.8 Å². The van der Waals surface area contributed by atoms with Crippen molar-refractivity contribution in [3.8, 4) is 0 Å². The van der Waals surface area contributed by atoms with Gasteiger partial charge < -0.3 is 15.0 Å². The lowest BCUT2D eigenvalue weighted by atomic mass is 10.3. The second kappa shape index (κ2) is 12.5. The van der Waals surface area contributed by atoms with Crippen molar-refractivity contribution in [1.82, 2.24) is 15.2 Å². The van der Waals surface area contributed by atoms with Crippen LogP contribution < -0.4 is 5.32 Å². The smallest absolute Gasteiger partial charge is 0.194 e. The highest BCUT2D eigenvalue weighted by Gasteiger charge is 2.19. The number of hydrogen-bond donors (Lipinski definition) is 1. The molecule has 1 aromatic carbocycles. The fourth-order valence-electron chi connectivity index (χ4n) is 2.55. The summed E-state index contributed by atoms with van der Waals surface area (Å²) in [6, 6.07) is 5.37. The van der Waals surface area contributed by atoms with Crippen LogP contribution >= 0.6 is 35.3 Å². The summed E-state index contributed by atoms with van der Waals surface area (Å²) in [6.45, 7) is 5.03. The van der Waals surface area contributed by atoms with E-state index in [-0.39, 0.29) is 47.3 Å². The first-order valence-electron chi connectivity index (χ1n) is 9.22. The van der Waals surface area contributed by atoms with Crippen LogP contribution in [0.2, 0.25) is 0 Å². The molecule has 1 aromatic heterocycles.